The first-order chi connectivity index (χ1) is 15.2. The SMILES string of the molecule is Cc1ccc(NC(=O)c2cc3cnn(C(C)C)c3nc2C)cc1S(=O)(=O)N1CCOCC1. The molecule has 0 aliphatic carbocycles. The summed E-state index contributed by atoms with van der Waals surface area (Å²) in [6, 6.07) is 6.82. The van der Waals surface area contributed by atoms with Crippen LogP contribution in [-0.4, -0.2) is 59.7 Å². The van der Waals surface area contributed by atoms with Crippen molar-refractivity contribution in [3.63, 3.8) is 0 Å². The van der Waals surface area contributed by atoms with Gasteiger partial charge < -0.3 is 10.1 Å². The van der Waals surface area contributed by atoms with E-state index >= 15 is 0 Å². The Morgan fingerprint density at radius 3 is 2.56 bits per heavy atom. The summed E-state index contributed by atoms with van der Waals surface area (Å²) >= 11 is 0. The van der Waals surface area contributed by atoms with E-state index in [9.17, 15) is 13.2 Å². The molecule has 32 heavy (non-hydrogen) atoms. The number of carbonyl (C=O) groups is 1. The molecule has 0 saturated carbocycles. The van der Waals surface area contributed by atoms with Crippen molar-refractivity contribution in [1.29, 1.82) is 0 Å². The highest BCUT2D eigenvalue weighted by atomic mass is 32.2. The van der Waals surface area contributed by atoms with Crippen molar-refractivity contribution in [2.24, 2.45) is 0 Å². The van der Waals surface area contributed by atoms with E-state index in [4.69, 9.17) is 4.74 Å². The van der Waals surface area contributed by atoms with Crippen molar-refractivity contribution in [1.82, 2.24) is 19.1 Å². The number of morpholine rings is 1. The van der Waals surface area contributed by atoms with E-state index in [-0.39, 0.29) is 16.8 Å². The Morgan fingerprint density at radius 2 is 1.88 bits per heavy atom. The number of rotatable bonds is 5. The Kier molecular flexibility index (Phi) is 6.02. The molecule has 1 saturated heterocycles. The molecule has 0 unspecified atom stereocenters. The zero-order valence-corrected chi connectivity index (χ0v) is 19.4. The van der Waals surface area contributed by atoms with Crippen molar-refractivity contribution in [3.8, 4) is 0 Å². The summed E-state index contributed by atoms with van der Waals surface area (Å²) in [5, 5.41) is 7.95. The number of aromatic nitrogens is 3. The van der Waals surface area contributed by atoms with Crippen LogP contribution in [0.2, 0.25) is 0 Å². The Morgan fingerprint density at radius 1 is 1.16 bits per heavy atom. The molecule has 1 aliphatic rings. The van der Waals surface area contributed by atoms with E-state index in [2.05, 4.69) is 15.4 Å². The number of fused-ring (bicyclic) bond motifs is 1. The number of aryl methyl sites for hydroxylation is 2. The standard InChI is InChI=1S/C22H27N5O4S/c1-14(2)27-21-17(13-23-27)11-19(16(4)24-21)22(28)25-18-6-5-15(3)20(12-18)32(29,30)26-7-9-31-10-8-26/h5-6,11-14H,7-10H2,1-4H3,(H,25,28). The summed E-state index contributed by atoms with van der Waals surface area (Å²) in [4.78, 5) is 17.8. The minimum absolute atomic E-state index is 0.151. The van der Waals surface area contributed by atoms with Crippen molar-refractivity contribution in [2.75, 3.05) is 31.6 Å². The fourth-order valence-electron chi connectivity index (χ4n) is 3.75. The average Bonchev–Trinajstić information content (AvgIpc) is 3.18. The third-order valence-electron chi connectivity index (χ3n) is 5.53. The molecule has 1 aliphatic heterocycles. The third-order valence-corrected chi connectivity index (χ3v) is 7.57. The number of carbonyl (C=O) groups excluding carboxylic acids is 1. The van der Waals surface area contributed by atoms with Crippen LogP contribution in [0.3, 0.4) is 0 Å². The van der Waals surface area contributed by atoms with Crippen molar-refractivity contribution >= 4 is 32.7 Å². The Labute approximate surface area is 187 Å². The number of amides is 1. The molecule has 10 heteroatoms. The molecule has 0 bridgehead atoms. The van der Waals surface area contributed by atoms with Gasteiger partial charge in [-0.1, -0.05) is 6.07 Å². The fourth-order valence-corrected chi connectivity index (χ4v) is 5.41. The number of sulfonamides is 1. The molecule has 0 spiro atoms. The van der Waals surface area contributed by atoms with Crippen LogP contribution in [0, 0.1) is 13.8 Å². The van der Waals surface area contributed by atoms with Gasteiger partial charge in [0.2, 0.25) is 10.0 Å². The maximum Gasteiger partial charge on any atom is 0.257 e. The molecule has 4 rings (SSSR count). The lowest BCUT2D eigenvalue weighted by molar-refractivity contribution is 0.0730. The molecule has 1 fully saturated rings. The minimum atomic E-state index is -3.68. The first-order valence-corrected chi connectivity index (χ1v) is 12.0. The van der Waals surface area contributed by atoms with Gasteiger partial charge in [-0.3, -0.25) is 4.79 Å². The van der Waals surface area contributed by atoms with Gasteiger partial charge in [0.15, 0.2) is 5.65 Å². The van der Waals surface area contributed by atoms with E-state index in [1.54, 1.807) is 38.2 Å². The second kappa shape index (κ2) is 8.61. The highest BCUT2D eigenvalue weighted by Gasteiger charge is 2.28. The third kappa shape index (κ3) is 4.13. The van der Waals surface area contributed by atoms with E-state index in [0.29, 0.717) is 48.8 Å². The molecule has 1 amide bonds. The monoisotopic (exact) mass is 457 g/mol. The predicted molar refractivity (Wildman–Crippen MR) is 121 cm³/mol. The van der Waals surface area contributed by atoms with Crippen LogP contribution in [0.1, 0.15) is 41.5 Å². The summed E-state index contributed by atoms with van der Waals surface area (Å²) in [5.41, 5.74) is 2.74. The lowest BCUT2D eigenvalue weighted by Gasteiger charge is -2.26. The van der Waals surface area contributed by atoms with Crippen LogP contribution in [0.4, 0.5) is 5.69 Å². The molecule has 170 valence electrons. The molecular formula is C22H27N5O4S. The van der Waals surface area contributed by atoms with Gasteiger partial charge in [-0.15, -0.1) is 0 Å². The number of hydrogen-bond acceptors (Lipinski definition) is 6. The van der Waals surface area contributed by atoms with Crippen LogP contribution in [0.15, 0.2) is 35.4 Å². The molecule has 9 nitrogen and oxygen atoms in total. The molecule has 0 radical (unpaired) electrons. The minimum Gasteiger partial charge on any atom is -0.379 e. The Balaban J connectivity index is 1.63. The lowest BCUT2D eigenvalue weighted by atomic mass is 10.1. The van der Waals surface area contributed by atoms with Gasteiger partial charge >= 0.3 is 0 Å². The molecular weight excluding hydrogens is 430 g/mol. The topological polar surface area (TPSA) is 106 Å². The van der Waals surface area contributed by atoms with Crippen molar-refractivity contribution in [3.05, 3.63) is 47.3 Å². The first kappa shape index (κ1) is 22.4. The number of anilines is 1. The van der Waals surface area contributed by atoms with Crippen molar-refractivity contribution < 1.29 is 17.9 Å². The fraction of sp³-hybridized carbons (Fsp3) is 0.409. The highest BCUT2D eigenvalue weighted by Crippen LogP contribution is 2.25. The number of benzene rings is 1. The quantitative estimate of drug-likeness (QED) is 0.631. The average molecular weight is 458 g/mol. The van der Waals surface area contributed by atoms with E-state index < -0.39 is 10.0 Å². The summed E-state index contributed by atoms with van der Waals surface area (Å²) in [6.07, 6.45) is 1.69. The van der Waals surface area contributed by atoms with Gasteiger partial charge in [-0.2, -0.15) is 9.40 Å². The smallest absolute Gasteiger partial charge is 0.257 e. The second-order valence-electron chi connectivity index (χ2n) is 8.17. The molecule has 1 aromatic carbocycles. The van der Waals surface area contributed by atoms with Gasteiger partial charge in [0.05, 0.1) is 35.6 Å². The van der Waals surface area contributed by atoms with Gasteiger partial charge in [-0.05, 0) is 51.5 Å². The molecule has 0 atom stereocenters. The molecule has 3 aromatic rings. The van der Waals surface area contributed by atoms with Crippen LogP contribution in [0.25, 0.3) is 11.0 Å². The molecule has 3 heterocycles. The van der Waals surface area contributed by atoms with Crippen LogP contribution in [0.5, 0.6) is 0 Å². The second-order valence-corrected chi connectivity index (χ2v) is 10.1. The summed E-state index contributed by atoms with van der Waals surface area (Å²) in [7, 11) is -3.68. The van der Waals surface area contributed by atoms with E-state index in [1.165, 1.54) is 10.4 Å². The number of nitrogens with zero attached hydrogens (tertiary/aromatic N) is 4. The van der Waals surface area contributed by atoms with Gasteiger partial charge in [0, 0.05) is 30.2 Å². The summed E-state index contributed by atoms with van der Waals surface area (Å²) in [6.45, 7) is 8.92. The van der Waals surface area contributed by atoms with E-state index in [0.717, 1.165) is 11.0 Å². The number of hydrogen-bond donors (Lipinski definition) is 1. The normalized spacial score (nSPS) is 15.4. The first-order valence-electron chi connectivity index (χ1n) is 10.5. The number of ether oxygens (including phenoxy) is 1. The maximum absolute atomic E-state index is 13.1. The van der Waals surface area contributed by atoms with E-state index in [1.807, 2.05) is 18.5 Å². The predicted octanol–water partition coefficient (Wildman–Crippen LogP) is 2.90. The largest absolute Gasteiger partial charge is 0.379 e. The van der Waals surface area contributed by atoms with Crippen molar-refractivity contribution in [2.45, 2.75) is 38.6 Å². The zero-order valence-electron chi connectivity index (χ0n) is 18.6. The number of pyridine rings is 1. The van der Waals surface area contributed by atoms with Gasteiger partial charge in [0.1, 0.15) is 0 Å². The molecule has 2 aromatic heterocycles. The van der Waals surface area contributed by atoms with Gasteiger partial charge in [-0.25, -0.2) is 18.1 Å². The summed E-state index contributed by atoms with van der Waals surface area (Å²) < 4.78 is 34.7. The lowest BCUT2D eigenvalue weighted by Crippen LogP contribution is -2.40. The maximum atomic E-state index is 13.1. The van der Waals surface area contributed by atoms with Crippen LogP contribution >= 0.6 is 0 Å². The van der Waals surface area contributed by atoms with Crippen LogP contribution in [-0.2, 0) is 14.8 Å². The number of nitrogens with one attached hydrogen (secondary N) is 1. The Hall–Kier alpha value is -2.82. The summed E-state index contributed by atoms with van der Waals surface area (Å²) in [5.74, 6) is -0.354. The zero-order chi connectivity index (χ0) is 23.0. The van der Waals surface area contributed by atoms with Gasteiger partial charge in [0.25, 0.3) is 5.91 Å². The Bertz CT molecular complexity index is 1280. The highest BCUT2D eigenvalue weighted by molar-refractivity contribution is 7.89. The molecule has 1 N–H and O–H groups in total. The van der Waals surface area contributed by atoms with Crippen LogP contribution < -0.4 is 5.32 Å².